The zero-order valence-electron chi connectivity index (χ0n) is 16.9. The Hall–Kier alpha value is -3.94. The second-order valence-corrected chi connectivity index (χ2v) is 7.34. The minimum atomic E-state index is -0.444. The summed E-state index contributed by atoms with van der Waals surface area (Å²) in [6.45, 7) is 1.74. The number of nitrogens with one attached hydrogen (secondary N) is 2. The van der Waals surface area contributed by atoms with Gasteiger partial charge in [-0.25, -0.2) is 4.79 Å². The predicted molar refractivity (Wildman–Crippen MR) is 118 cm³/mol. The van der Waals surface area contributed by atoms with Crippen molar-refractivity contribution in [2.75, 3.05) is 29.0 Å². The zero-order valence-corrected chi connectivity index (χ0v) is 16.9. The lowest BCUT2D eigenvalue weighted by atomic mass is 10.1. The summed E-state index contributed by atoms with van der Waals surface area (Å²) in [4.78, 5) is 26.6. The molecule has 2 heterocycles. The summed E-state index contributed by atoms with van der Waals surface area (Å²) in [6.07, 6.45) is 3.25. The monoisotopic (exact) mass is 420 g/mol. The van der Waals surface area contributed by atoms with E-state index in [4.69, 9.17) is 14.9 Å². The molecule has 0 spiro atoms. The van der Waals surface area contributed by atoms with Gasteiger partial charge in [-0.2, -0.15) is 0 Å². The largest absolute Gasteiger partial charge is 0.472 e. The maximum atomic E-state index is 12.5. The third kappa shape index (κ3) is 5.16. The van der Waals surface area contributed by atoms with Crippen molar-refractivity contribution in [1.29, 1.82) is 0 Å². The normalized spacial score (nSPS) is 15.5. The molecule has 0 unspecified atom stereocenters. The fraction of sp³-hybridized carbons (Fsp3) is 0.217. The van der Waals surface area contributed by atoms with Crippen LogP contribution in [0.25, 0.3) is 0 Å². The number of benzene rings is 2. The molecule has 8 heteroatoms. The molecule has 2 aromatic carbocycles. The summed E-state index contributed by atoms with van der Waals surface area (Å²) in [7, 11) is 0. The summed E-state index contributed by atoms with van der Waals surface area (Å²) in [5, 5.41) is 5.54. The summed E-state index contributed by atoms with van der Waals surface area (Å²) in [5.74, 6) is -0.221. The molecule has 1 aliphatic rings. The molecule has 31 heavy (non-hydrogen) atoms. The van der Waals surface area contributed by atoms with Crippen molar-refractivity contribution in [2.24, 2.45) is 0 Å². The van der Waals surface area contributed by atoms with Gasteiger partial charge in [0.15, 0.2) is 0 Å². The van der Waals surface area contributed by atoms with E-state index in [1.807, 2.05) is 24.3 Å². The van der Waals surface area contributed by atoms with Gasteiger partial charge in [-0.15, -0.1) is 0 Å². The van der Waals surface area contributed by atoms with Crippen molar-refractivity contribution in [3.05, 3.63) is 78.3 Å². The topological polar surface area (TPSA) is 110 Å². The van der Waals surface area contributed by atoms with Gasteiger partial charge in [0.05, 0.1) is 30.4 Å². The van der Waals surface area contributed by atoms with Crippen molar-refractivity contribution in [1.82, 2.24) is 5.32 Å². The van der Waals surface area contributed by atoms with E-state index < -0.39 is 6.09 Å². The Labute approximate surface area is 180 Å². The van der Waals surface area contributed by atoms with Gasteiger partial charge in [0.2, 0.25) is 0 Å². The van der Waals surface area contributed by atoms with Crippen molar-refractivity contribution >= 4 is 29.1 Å². The standard InChI is InChI=1S/C23H24N4O4/c24-20-3-1-2-4-21(20)26-22(28)17-5-7-18(8-6-17)27-11-9-19(14-27)31-23(29)25-13-16-10-12-30-15-16/h1-8,10,12,15,19H,9,11,13-14,24H2,(H,25,29)(H,26,28)/t19-/m0/s1. The second-order valence-electron chi connectivity index (χ2n) is 7.34. The van der Waals surface area contributed by atoms with Crippen LogP contribution in [0.1, 0.15) is 22.3 Å². The van der Waals surface area contributed by atoms with Crippen LogP contribution in [0.15, 0.2) is 71.5 Å². The summed E-state index contributed by atoms with van der Waals surface area (Å²) in [6, 6.07) is 16.3. The molecule has 3 aromatic rings. The third-order valence-corrected chi connectivity index (χ3v) is 5.14. The smallest absolute Gasteiger partial charge is 0.407 e. The highest BCUT2D eigenvalue weighted by Crippen LogP contribution is 2.23. The lowest BCUT2D eigenvalue weighted by Crippen LogP contribution is -2.30. The molecule has 0 aliphatic carbocycles. The molecule has 4 rings (SSSR count). The van der Waals surface area contributed by atoms with E-state index in [1.165, 1.54) is 0 Å². The molecule has 0 saturated carbocycles. The third-order valence-electron chi connectivity index (χ3n) is 5.14. The molecule has 4 N–H and O–H groups in total. The highest BCUT2D eigenvalue weighted by atomic mass is 16.6. The number of anilines is 3. The van der Waals surface area contributed by atoms with Crippen LogP contribution < -0.4 is 21.3 Å². The minimum Gasteiger partial charge on any atom is -0.472 e. The highest BCUT2D eigenvalue weighted by molar-refractivity contribution is 6.05. The number of nitrogens with two attached hydrogens (primary N) is 1. The number of nitrogen functional groups attached to an aromatic ring is 1. The number of amides is 2. The Morgan fingerprint density at radius 2 is 1.94 bits per heavy atom. The van der Waals surface area contributed by atoms with E-state index in [0.29, 0.717) is 30.0 Å². The van der Waals surface area contributed by atoms with Gasteiger partial charge in [-0.3, -0.25) is 4.79 Å². The molecule has 1 fully saturated rings. The number of alkyl carbamates (subject to hydrolysis) is 1. The molecule has 1 atom stereocenters. The lowest BCUT2D eigenvalue weighted by Gasteiger charge is -2.19. The van der Waals surface area contributed by atoms with Crippen LogP contribution in [0, 0.1) is 0 Å². The first-order valence-corrected chi connectivity index (χ1v) is 10.0. The summed E-state index contributed by atoms with van der Waals surface area (Å²) >= 11 is 0. The Morgan fingerprint density at radius 1 is 1.13 bits per heavy atom. The average molecular weight is 420 g/mol. The average Bonchev–Trinajstić information content (AvgIpc) is 3.46. The Morgan fingerprint density at radius 3 is 2.68 bits per heavy atom. The van der Waals surface area contributed by atoms with E-state index >= 15 is 0 Å². The van der Waals surface area contributed by atoms with E-state index in [9.17, 15) is 9.59 Å². The second kappa shape index (κ2) is 9.25. The molecule has 8 nitrogen and oxygen atoms in total. The van der Waals surface area contributed by atoms with Crippen LogP contribution >= 0.6 is 0 Å². The molecule has 1 aromatic heterocycles. The highest BCUT2D eigenvalue weighted by Gasteiger charge is 2.26. The molecular formula is C23H24N4O4. The van der Waals surface area contributed by atoms with Crippen molar-refractivity contribution in [3.63, 3.8) is 0 Å². The Balaban J connectivity index is 1.28. The maximum Gasteiger partial charge on any atom is 0.407 e. The number of ether oxygens (including phenoxy) is 1. The number of hydrogen-bond acceptors (Lipinski definition) is 6. The van der Waals surface area contributed by atoms with Gasteiger partial charge in [0.1, 0.15) is 6.10 Å². The van der Waals surface area contributed by atoms with Gasteiger partial charge in [0, 0.05) is 36.3 Å². The molecule has 1 saturated heterocycles. The molecule has 2 amide bonds. The molecule has 1 aliphatic heterocycles. The van der Waals surface area contributed by atoms with Crippen LogP contribution in [0.3, 0.4) is 0 Å². The predicted octanol–water partition coefficient (Wildman–Crippen LogP) is 3.62. The first-order valence-electron chi connectivity index (χ1n) is 10.0. The quantitative estimate of drug-likeness (QED) is 0.526. The number of rotatable bonds is 6. The van der Waals surface area contributed by atoms with E-state index in [1.54, 1.807) is 42.9 Å². The number of para-hydroxylation sites is 2. The Kier molecular flexibility index (Phi) is 6.07. The number of hydrogen-bond donors (Lipinski definition) is 3. The number of carbonyl (C=O) groups is 2. The fourth-order valence-corrected chi connectivity index (χ4v) is 3.45. The van der Waals surface area contributed by atoms with Crippen molar-refractivity contribution < 1.29 is 18.7 Å². The molecule has 160 valence electrons. The van der Waals surface area contributed by atoms with Crippen LogP contribution in [0.2, 0.25) is 0 Å². The van der Waals surface area contributed by atoms with E-state index in [0.717, 1.165) is 24.2 Å². The SMILES string of the molecule is Nc1ccccc1NC(=O)c1ccc(N2CC[C@H](OC(=O)NCc3ccoc3)C2)cc1. The van der Waals surface area contributed by atoms with Crippen LogP contribution in [0.5, 0.6) is 0 Å². The van der Waals surface area contributed by atoms with Crippen LogP contribution in [0.4, 0.5) is 21.9 Å². The maximum absolute atomic E-state index is 12.5. The van der Waals surface area contributed by atoms with Gasteiger partial charge in [0.25, 0.3) is 5.91 Å². The first-order chi connectivity index (χ1) is 15.1. The lowest BCUT2D eigenvalue weighted by molar-refractivity contribution is 0.102. The van der Waals surface area contributed by atoms with Gasteiger partial charge in [-0.05, 0) is 42.5 Å². The van der Waals surface area contributed by atoms with Crippen molar-refractivity contribution in [3.8, 4) is 0 Å². The summed E-state index contributed by atoms with van der Waals surface area (Å²) < 4.78 is 10.5. The first kappa shape index (κ1) is 20.3. The minimum absolute atomic E-state index is 0.187. The summed E-state index contributed by atoms with van der Waals surface area (Å²) in [5.41, 5.74) is 9.37. The zero-order chi connectivity index (χ0) is 21.6. The van der Waals surface area contributed by atoms with Gasteiger partial charge >= 0.3 is 6.09 Å². The number of furan rings is 1. The Bertz CT molecular complexity index is 1030. The number of nitrogens with zero attached hydrogens (tertiary/aromatic N) is 1. The van der Waals surface area contributed by atoms with Gasteiger partial charge < -0.3 is 30.4 Å². The molecule has 0 bridgehead atoms. The van der Waals surface area contributed by atoms with Crippen molar-refractivity contribution in [2.45, 2.75) is 19.1 Å². The van der Waals surface area contributed by atoms with Crippen LogP contribution in [-0.2, 0) is 11.3 Å². The van der Waals surface area contributed by atoms with Crippen LogP contribution in [-0.4, -0.2) is 31.2 Å². The van der Waals surface area contributed by atoms with E-state index in [2.05, 4.69) is 15.5 Å². The molecule has 0 radical (unpaired) electrons. The fourth-order valence-electron chi connectivity index (χ4n) is 3.45. The molecular weight excluding hydrogens is 396 g/mol. The van der Waals surface area contributed by atoms with E-state index in [-0.39, 0.29) is 12.0 Å². The van der Waals surface area contributed by atoms with Gasteiger partial charge in [-0.1, -0.05) is 12.1 Å². The number of carbonyl (C=O) groups excluding carboxylic acids is 2.